The van der Waals surface area contributed by atoms with Crippen molar-refractivity contribution in [2.45, 2.75) is 4.90 Å². The first kappa shape index (κ1) is 12.0. The molecule has 1 aromatic carbocycles. The normalized spacial score (nSPS) is 12.2. The van der Waals surface area contributed by atoms with E-state index in [-0.39, 0.29) is 10.4 Å². The van der Waals surface area contributed by atoms with Crippen molar-refractivity contribution in [2.75, 3.05) is 0 Å². The monoisotopic (exact) mass is 300 g/mol. The predicted molar refractivity (Wildman–Crippen MR) is 74.1 cm³/mol. The molecule has 3 aromatic heterocycles. The lowest BCUT2D eigenvalue weighted by atomic mass is 10.3. The molecule has 0 N–H and O–H groups in total. The van der Waals surface area contributed by atoms with E-state index < -0.39 is 10.0 Å². The molecule has 0 spiro atoms. The molecule has 0 radical (unpaired) electrons. The second-order valence-corrected chi connectivity index (χ2v) is 6.20. The van der Waals surface area contributed by atoms with Crippen LogP contribution in [-0.2, 0) is 10.0 Å². The molecular weight excluding hydrogens is 292 g/mol. The van der Waals surface area contributed by atoms with E-state index in [0.29, 0.717) is 16.6 Å². The van der Waals surface area contributed by atoms with E-state index in [4.69, 9.17) is 0 Å². The maximum Gasteiger partial charge on any atom is 0.270 e. The van der Waals surface area contributed by atoms with Crippen molar-refractivity contribution in [3.05, 3.63) is 48.8 Å². The van der Waals surface area contributed by atoms with Crippen molar-refractivity contribution in [1.29, 1.82) is 0 Å². The SMILES string of the molecule is O=S(=O)(c1cccc2nonc12)n1ccc2ncccc21. The molecule has 0 saturated carbocycles. The molecule has 4 rings (SSSR count). The van der Waals surface area contributed by atoms with Gasteiger partial charge in [0.15, 0.2) is 5.52 Å². The van der Waals surface area contributed by atoms with E-state index in [0.717, 1.165) is 0 Å². The van der Waals surface area contributed by atoms with Crippen LogP contribution in [0.4, 0.5) is 0 Å². The number of rotatable bonds is 2. The Kier molecular flexibility index (Phi) is 2.36. The van der Waals surface area contributed by atoms with Gasteiger partial charge in [-0.05, 0) is 40.6 Å². The van der Waals surface area contributed by atoms with Gasteiger partial charge in [0.1, 0.15) is 10.4 Å². The van der Waals surface area contributed by atoms with Crippen LogP contribution >= 0.6 is 0 Å². The third kappa shape index (κ3) is 1.66. The van der Waals surface area contributed by atoms with Gasteiger partial charge in [0.25, 0.3) is 10.0 Å². The van der Waals surface area contributed by atoms with Gasteiger partial charge in [-0.2, -0.15) is 0 Å². The Hall–Kier alpha value is -2.74. The molecule has 0 aliphatic carbocycles. The summed E-state index contributed by atoms with van der Waals surface area (Å²) >= 11 is 0. The summed E-state index contributed by atoms with van der Waals surface area (Å²) in [5.41, 5.74) is 1.71. The molecule has 4 aromatic rings. The van der Waals surface area contributed by atoms with E-state index in [2.05, 4.69) is 19.9 Å². The Balaban J connectivity index is 2.05. The Labute approximate surface area is 118 Å². The number of nitrogens with zero attached hydrogens (tertiary/aromatic N) is 4. The molecule has 0 atom stereocenters. The molecule has 0 amide bonds. The number of benzene rings is 1. The van der Waals surface area contributed by atoms with Crippen molar-refractivity contribution in [3.63, 3.8) is 0 Å². The Morgan fingerprint density at radius 2 is 1.90 bits per heavy atom. The van der Waals surface area contributed by atoms with Crippen molar-refractivity contribution >= 4 is 32.1 Å². The summed E-state index contributed by atoms with van der Waals surface area (Å²) < 4.78 is 31.5. The zero-order valence-electron chi connectivity index (χ0n) is 10.5. The van der Waals surface area contributed by atoms with Crippen LogP contribution in [0.3, 0.4) is 0 Å². The number of fused-ring (bicyclic) bond motifs is 2. The van der Waals surface area contributed by atoms with E-state index in [9.17, 15) is 8.42 Å². The van der Waals surface area contributed by atoms with Crippen molar-refractivity contribution in [1.82, 2.24) is 19.3 Å². The predicted octanol–water partition coefficient (Wildman–Crippen LogP) is 1.81. The third-order valence-corrected chi connectivity index (χ3v) is 4.93. The van der Waals surface area contributed by atoms with Crippen LogP contribution in [-0.4, -0.2) is 27.7 Å². The van der Waals surface area contributed by atoms with E-state index in [1.165, 1.54) is 16.2 Å². The van der Waals surface area contributed by atoms with Crippen LogP contribution in [0.15, 0.2) is 58.3 Å². The second kappa shape index (κ2) is 4.13. The summed E-state index contributed by atoms with van der Waals surface area (Å²) in [5.74, 6) is 0. The lowest BCUT2D eigenvalue weighted by molar-refractivity contribution is 0.315. The van der Waals surface area contributed by atoms with Crippen LogP contribution < -0.4 is 0 Å². The average molecular weight is 300 g/mol. The fraction of sp³-hybridized carbons (Fsp3) is 0. The van der Waals surface area contributed by atoms with Crippen LogP contribution in [0.5, 0.6) is 0 Å². The summed E-state index contributed by atoms with van der Waals surface area (Å²) in [5, 5.41) is 7.35. The third-order valence-electron chi connectivity index (χ3n) is 3.21. The lowest BCUT2D eigenvalue weighted by Gasteiger charge is -2.07. The zero-order chi connectivity index (χ0) is 14.4. The lowest BCUT2D eigenvalue weighted by Crippen LogP contribution is -2.12. The fourth-order valence-electron chi connectivity index (χ4n) is 2.25. The quantitative estimate of drug-likeness (QED) is 0.560. The number of hydrogen-bond donors (Lipinski definition) is 0. The van der Waals surface area contributed by atoms with E-state index in [1.807, 2.05) is 0 Å². The van der Waals surface area contributed by atoms with Crippen molar-refractivity contribution < 1.29 is 13.0 Å². The smallest absolute Gasteiger partial charge is 0.255 e. The molecule has 0 aliphatic heterocycles. The van der Waals surface area contributed by atoms with Gasteiger partial charge in [-0.3, -0.25) is 4.98 Å². The first-order valence-electron chi connectivity index (χ1n) is 6.07. The van der Waals surface area contributed by atoms with E-state index in [1.54, 1.807) is 36.5 Å². The molecule has 0 aliphatic rings. The minimum Gasteiger partial charge on any atom is -0.255 e. The summed E-state index contributed by atoms with van der Waals surface area (Å²) in [4.78, 5) is 4.17. The highest BCUT2D eigenvalue weighted by Crippen LogP contribution is 2.25. The highest BCUT2D eigenvalue weighted by Gasteiger charge is 2.23. The van der Waals surface area contributed by atoms with Gasteiger partial charge in [0, 0.05) is 12.4 Å². The maximum atomic E-state index is 12.8. The van der Waals surface area contributed by atoms with Gasteiger partial charge in [0.05, 0.1) is 11.0 Å². The fourth-order valence-corrected chi connectivity index (χ4v) is 3.73. The van der Waals surface area contributed by atoms with Crippen LogP contribution in [0, 0.1) is 0 Å². The van der Waals surface area contributed by atoms with Crippen molar-refractivity contribution in [3.8, 4) is 0 Å². The largest absolute Gasteiger partial charge is 0.270 e. The van der Waals surface area contributed by atoms with Gasteiger partial charge in [0.2, 0.25) is 0 Å². The minimum absolute atomic E-state index is 0.0441. The summed E-state index contributed by atoms with van der Waals surface area (Å²) in [6, 6.07) is 9.75. The molecular formula is C13H8N4O3S. The molecule has 104 valence electrons. The number of aromatic nitrogens is 4. The Bertz CT molecular complexity index is 1070. The van der Waals surface area contributed by atoms with Crippen LogP contribution in [0.25, 0.3) is 22.1 Å². The molecule has 0 bridgehead atoms. The highest BCUT2D eigenvalue weighted by atomic mass is 32.2. The van der Waals surface area contributed by atoms with Gasteiger partial charge in [-0.1, -0.05) is 6.07 Å². The molecule has 3 heterocycles. The molecule has 7 nitrogen and oxygen atoms in total. The zero-order valence-corrected chi connectivity index (χ0v) is 11.4. The first-order chi connectivity index (χ1) is 10.2. The molecule has 0 fully saturated rings. The van der Waals surface area contributed by atoms with Gasteiger partial charge in [-0.15, -0.1) is 0 Å². The van der Waals surface area contributed by atoms with Gasteiger partial charge < -0.3 is 0 Å². The van der Waals surface area contributed by atoms with Crippen LogP contribution in [0.1, 0.15) is 0 Å². The minimum atomic E-state index is -3.80. The van der Waals surface area contributed by atoms with Crippen molar-refractivity contribution in [2.24, 2.45) is 0 Å². The Morgan fingerprint density at radius 1 is 1.00 bits per heavy atom. The molecule has 0 unspecified atom stereocenters. The van der Waals surface area contributed by atoms with E-state index >= 15 is 0 Å². The number of pyridine rings is 1. The average Bonchev–Trinajstić information content (AvgIpc) is 3.13. The molecule has 21 heavy (non-hydrogen) atoms. The highest BCUT2D eigenvalue weighted by molar-refractivity contribution is 7.90. The Morgan fingerprint density at radius 3 is 2.81 bits per heavy atom. The summed E-state index contributed by atoms with van der Waals surface area (Å²) in [7, 11) is -3.80. The summed E-state index contributed by atoms with van der Waals surface area (Å²) in [6.07, 6.45) is 3.08. The first-order valence-corrected chi connectivity index (χ1v) is 7.51. The summed E-state index contributed by atoms with van der Waals surface area (Å²) in [6.45, 7) is 0. The van der Waals surface area contributed by atoms with Gasteiger partial charge >= 0.3 is 0 Å². The van der Waals surface area contributed by atoms with Crippen LogP contribution in [0.2, 0.25) is 0 Å². The van der Waals surface area contributed by atoms with Gasteiger partial charge in [-0.25, -0.2) is 17.0 Å². The standard InChI is InChI=1S/C13H8N4O3S/c18-21(19,12-5-1-3-10-13(12)16-20-15-10)17-8-6-9-11(17)4-2-7-14-9/h1-8H. The molecule has 0 saturated heterocycles. The second-order valence-electron chi connectivity index (χ2n) is 4.41. The maximum absolute atomic E-state index is 12.8. The number of hydrogen-bond acceptors (Lipinski definition) is 6. The molecule has 8 heteroatoms. The topological polar surface area (TPSA) is 90.9 Å².